The van der Waals surface area contributed by atoms with Crippen LogP contribution in [0.25, 0.3) is 0 Å². The molecule has 0 fully saturated rings. The molecule has 2 rings (SSSR count). The van der Waals surface area contributed by atoms with E-state index in [1.54, 1.807) is 18.2 Å². The molecular formula is C11H6Cl2FNO. The van der Waals surface area contributed by atoms with Gasteiger partial charge in [-0.1, -0.05) is 23.2 Å². The lowest BCUT2D eigenvalue weighted by Crippen LogP contribution is -1.87. The minimum absolute atomic E-state index is 0.330. The van der Waals surface area contributed by atoms with E-state index in [0.29, 0.717) is 21.5 Å². The average Bonchev–Trinajstić information content (AvgIpc) is 2.22. The zero-order valence-corrected chi connectivity index (χ0v) is 9.47. The lowest BCUT2D eigenvalue weighted by Gasteiger charge is -2.07. The molecule has 0 unspecified atom stereocenters. The highest BCUT2D eigenvalue weighted by Crippen LogP contribution is 2.31. The van der Waals surface area contributed by atoms with Crippen LogP contribution in [0.1, 0.15) is 0 Å². The van der Waals surface area contributed by atoms with Crippen molar-refractivity contribution in [3.8, 4) is 11.5 Å². The Morgan fingerprint density at radius 2 is 1.94 bits per heavy atom. The third kappa shape index (κ3) is 2.62. The molecule has 1 heterocycles. The molecule has 0 aliphatic heterocycles. The van der Waals surface area contributed by atoms with Crippen LogP contribution in [0.15, 0.2) is 36.5 Å². The van der Waals surface area contributed by atoms with Crippen molar-refractivity contribution in [3.63, 3.8) is 0 Å². The van der Waals surface area contributed by atoms with Crippen molar-refractivity contribution in [1.82, 2.24) is 4.98 Å². The number of halogens is 3. The number of hydrogen-bond donors (Lipinski definition) is 0. The number of rotatable bonds is 2. The average molecular weight is 258 g/mol. The first kappa shape index (κ1) is 11.2. The molecule has 82 valence electrons. The van der Waals surface area contributed by atoms with Crippen molar-refractivity contribution in [2.45, 2.75) is 0 Å². The number of benzene rings is 1. The van der Waals surface area contributed by atoms with Crippen molar-refractivity contribution >= 4 is 23.2 Å². The summed E-state index contributed by atoms with van der Waals surface area (Å²) in [7, 11) is 0. The zero-order chi connectivity index (χ0) is 11.5. The molecule has 0 radical (unpaired) electrons. The molecule has 0 aliphatic rings. The quantitative estimate of drug-likeness (QED) is 0.748. The van der Waals surface area contributed by atoms with E-state index in [0.717, 1.165) is 0 Å². The second-order valence-corrected chi connectivity index (χ2v) is 3.83. The van der Waals surface area contributed by atoms with Crippen molar-refractivity contribution in [1.29, 1.82) is 0 Å². The van der Waals surface area contributed by atoms with Gasteiger partial charge in [0.1, 0.15) is 11.5 Å². The molecule has 0 spiro atoms. The number of pyridine rings is 1. The molecule has 0 saturated heterocycles. The molecule has 0 N–H and O–H groups in total. The van der Waals surface area contributed by atoms with Gasteiger partial charge in [0.15, 0.2) is 0 Å². The smallest absolute Gasteiger partial charge is 0.216 e. The molecule has 1 aromatic carbocycles. The van der Waals surface area contributed by atoms with E-state index in [1.807, 2.05) is 0 Å². The summed E-state index contributed by atoms with van der Waals surface area (Å²) in [5.41, 5.74) is 0. The Bertz CT molecular complexity index is 519. The van der Waals surface area contributed by atoms with Crippen LogP contribution in [0.3, 0.4) is 0 Å². The van der Waals surface area contributed by atoms with E-state index in [4.69, 9.17) is 27.9 Å². The first-order chi connectivity index (χ1) is 7.65. The fourth-order valence-electron chi connectivity index (χ4n) is 1.13. The van der Waals surface area contributed by atoms with Gasteiger partial charge in [0.25, 0.3) is 0 Å². The maximum absolute atomic E-state index is 12.8. The van der Waals surface area contributed by atoms with Crippen LogP contribution in [0.5, 0.6) is 11.5 Å². The Morgan fingerprint density at radius 3 is 2.62 bits per heavy atom. The van der Waals surface area contributed by atoms with Crippen molar-refractivity contribution < 1.29 is 9.13 Å². The Morgan fingerprint density at radius 1 is 1.12 bits per heavy atom. The van der Waals surface area contributed by atoms with Crippen LogP contribution in [0.2, 0.25) is 10.0 Å². The van der Waals surface area contributed by atoms with E-state index in [2.05, 4.69) is 4.98 Å². The van der Waals surface area contributed by atoms with Crippen molar-refractivity contribution in [3.05, 3.63) is 52.5 Å². The van der Waals surface area contributed by atoms with E-state index >= 15 is 0 Å². The van der Waals surface area contributed by atoms with Gasteiger partial charge < -0.3 is 4.74 Å². The maximum atomic E-state index is 12.8. The number of ether oxygens (including phenoxy) is 1. The Labute approximate surface area is 102 Å². The van der Waals surface area contributed by atoms with Gasteiger partial charge in [-0.2, -0.15) is 4.39 Å². The molecule has 2 nitrogen and oxygen atoms in total. The van der Waals surface area contributed by atoms with Crippen molar-refractivity contribution in [2.75, 3.05) is 0 Å². The van der Waals surface area contributed by atoms with Crippen LogP contribution in [-0.4, -0.2) is 4.98 Å². The molecule has 16 heavy (non-hydrogen) atoms. The van der Waals surface area contributed by atoms with Gasteiger partial charge in [0.2, 0.25) is 5.95 Å². The summed E-state index contributed by atoms with van der Waals surface area (Å²) in [6.07, 6.45) is 1.31. The van der Waals surface area contributed by atoms with Gasteiger partial charge in [0, 0.05) is 17.3 Å². The van der Waals surface area contributed by atoms with Crippen LogP contribution in [0, 0.1) is 5.95 Å². The molecule has 2 aromatic rings. The second-order valence-electron chi connectivity index (χ2n) is 2.99. The van der Waals surface area contributed by atoms with Gasteiger partial charge in [-0.3, -0.25) is 0 Å². The van der Waals surface area contributed by atoms with Crippen LogP contribution in [-0.2, 0) is 0 Å². The molecule has 0 saturated carbocycles. The summed E-state index contributed by atoms with van der Waals surface area (Å²) in [6, 6.07) is 7.51. The fourth-order valence-corrected chi connectivity index (χ4v) is 1.58. The zero-order valence-electron chi connectivity index (χ0n) is 7.95. The summed E-state index contributed by atoms with van der Waals surface area (Å²) < 4.78 is 18.2. The first-order valence-electron chi connectivity index (χ1n) is 4.39. The van der Waals surface area contributed by atoms with Crippen LogP contribution >= 0.6 is 23.2 Å². The third-order valence-corrected chi connectivity index (χ3v) is 2.35. The third-order valence-electron chi connectivity index (χ3n) is 1.82. The predicted octanol–water partition coefficient (Wildman–Crippen LogP) is 4.32. The largest absolute Gasteiger partial charge is 0.456 e. The van der Waals surface area contributed by atoms with Gasteiger partial charge in [-0.05, 0) is 24.3 Å². The van der Waals surface area contributed by atoms with Crippen LogP contribution in [0.4, 0.5) is 4.39 Å². The molecule has 0 aliphatic carbocycles. The Kier molecular flexibility index (Phi) is 3.27. The van der Waals surface area contributed by atoms with E-state index in [-0.39, 0.29) is 0 Å². The molecule has 0 bridgehead atoms. The molecule has 5 heteroatoms. The monoisotopic (exact) mass is 257 g/mol. The summed E-state index contributed by atoms with van der Waals surface area (Å²) >= 11 is 11.6. The summed E-state index contributed by atoms with van der Waals surface area (Å²) in [5, 5.41) is 0.878. The minimum atomic E-state index is -0.609. The minimum Gasteiger partial charge on any atom is -0.456 e. The van der Waals surface area contributed by atoms with Gasteiger partial charge >= 0.3 is 0 Å². The summed E-state index contributed by atoms with van der Waals surface area (Å²) in [5.74, 6) is 0.135. The number of nitrogens with zero attached hydrogens (tertiary/aromatic N) is 1. The Balaban J connectivity index is 2.27. The predicted molar refractivity (Wildman–Crippen MR) is 60.7 cm³/mol. The van der Waals surface area contributed by atoms with Crippen LogP contribution < -0.4 is 4.74 Å². The summed E-state index contributed by atoms with van der Waals surface area (Å²) in [4.78, 5) is 3.42. The SMILES string of the molecule is Fc1cc(Oc2ccc(Cl)cc2Cl)ccn1. The normalized spacial score (nSPS) is 10.2. The highest BCUT2D eigenvalue weighted by molar-refractivity contribution is 6.35. The lowest BCUT2D eigenvalue weighted by molar-refractivity contribution is 0.472. The Hall–Kier alpha value is -1.32. The molecule has 1 aromatic heterocycles. The molecule has 0 amide bonds. The second kappa shape index (κ2) is 4.68. The lowest BCUT2D eigenvalue weighted by atomic mass is 10.3. The molecule has 0 atom stereocenters. The maximum Gasteiger partial charge on any atom is 0.216 e. The van der Waals surface area contributed by atoms with Gasteiger partial charge in [-0.15, -0.1) is 0 Å². The van der Waals surface area contributed by atoms with Gasteiger partial charge in [0.05, 0.1) is 5.02 Å². The summed E-state index contributed by atoms with van der Waals surface area (Å²) in [6.45, 7) is 0. The standard InChI is InChI=1S/C11H6Cl2FNO/c12-7-1-2-10(9(13)5-7)16-8-3-4-15-11(14)6-8/h1-6H. The van der Waals surface area contributed by atoms with Gasteiger partial charge in [-0.25, -0.2) is 4.98 Å². The van der Waals surface area contributed by atoms with Crippen molar-refractivity contribution in [2.24, 2.45) is 0 Å². The first-order valence-corrected chi connectivity index (χ1v) is 5.15. The highest BCUT2D eigenvalue weighted by atomic mass is 35.5. The highest BCUT2D eigenvalue weighted by Gasteiger charge is 2.04. The fraction of sp³-hybridized carbons (Fsp3) is 0. The number of hydrogen-bond acceptors (Lipinski definition) is 2. The topological polar surface area (TPSA) is 22.1 Å². The molecular weight excluding hydrogens is 252 g/mol. The van der Waals surface area contributed by atoms with E-state index in [1.165, 1.54) is 18.3 Å². The number of aromatic nitrogens is 1. The van der Waals surface area contributed by atoms with E-state index < -0.39 is 5.95 Å². The van der Waals surface area contributed by atoms with E-state index in [9.17, 15) is 4.39 Å².